The van der Waals surface area contributed by atoms with Crippen molar-refractivity contribution >= 4 is 35.6 Å². The molecule has 0 bridgehead atoms. The minimum Gasteiger partial charge on any atom is -0.481 e. The zero-order valence-electron chi connectivity index (χ0n) is 16.0. The molecule has 29 heavy (non-hydrogen) atoms. The first kappa shape index (κ1) is 25.8. The Morgan fingerprint density at radius 3 is 1.93 bits per heavy atom. The summed E-state index contributed by atoms with van der Waals surface area (Å²) in [7, 11) is 0. The van der Waals surface area contributed by atoms with E-state index in [1.165, 1.54) is 0 Å². The van der Waals surface area contributed by atoms with Crippen molar-refractivity contribution in [2.45, 2.75) is 51.2 Å². The minimum absolute atomic E-state index is 0.225. The number of carbonyl (C=O) groups is 6. The van der Waals surface area contributed by atoms with Crippen LogP contribution in [0.5, 0.6) is 0 Å². The van der Waals surface area contributed by atoms with Crippen molar-refractivity contribution in [3.63, 3.8) is 0 Å². The lowest BCUT2D eigenvalue weighted by Crippen LogP contribution is -2.54. The van der Waals surface area contributed by atoms with Gasteiger partial charge in [-0.15, -0.1) is 0 Å². The van der Waals surface area contributed by atoms with E-state index in [2.05, 4.69) is 16.0 Å². The van der Waals surface area contributed by atoms with E-state index in [0.29, 0.717) is 0 Å². The Morgan fingerprint density at radius 1 is 0.897 bits per heavy atom. The molecule has 0 aliphatic carbocycles. The maximum Gasteiger partial charge on any atom is 0.326 e. The van der Waals surface area contributed by atoms with Gasteiger partial charge in [0.15, 0.2) is 0 Å². The summed E-state index contributed by atoms with van der Waals surface area (Å²) in [5.74, 6) is -7.02. The third kappa shape index (κ3) is 10.6. The quantitative estimate of drug-likeness (QED) is 0.166. The summed E-state index contributed by atoms with van der Waals surface area (Å²) < 4.78 is 0. The molecule has 3 amide bonds. The summed E-state index contributed by atoms with van der Waals surface area (Å²) in [6.07, 6.45) is -1.43. The zero-order chi connectivity index (χ0) is 22.7. The van der Waals surface area contributed by atoms with Gasteiger partial charge in [-0.05, 0) is 12.3 Å². The van der Waals surface area contributed by atoms with Crippen LogP contribution in [0.4, 0.5) is 0 Å². The molecule has 0 rings (SSSR count). The summed E-state index contributed by atoms with van der Waals surface area (Å²) in [6, 6.07) is -4.02. The molecule has 0 fully saturated rings. The van der Waals surface area contributed by atoms with E-state index in [4.69, 9.17) is 21.1 Å². The molecule has 3 atom stereocenters. The lowest BCUT2D eigenvalue weighted by atomic mass is 10.0. The molecule has 0 aliphatic rings. The van der Waals surface area contributed by atoms with E-state index in [1.54, 1.807) is 13.8 Å². The number of nitrogens with one attached hydrogen (secondary N) is 3. The lowest BCUT2D eigenvalue weighted by molar-refractivity contribution is -0.143. The van der Waals surface area contributed by atoms with Crippen molar-refractivity contribution in [1.29, 1.82) is 0 Å². The summed E-state index contributed by atoms with van der Waals surface area (Å²) in [5, 5.41) is 32.9. The van der Waals surface area contributed by atoms with Crippen molar-refractivity contribution in [1.82, 2.24) is 16.0 Å². The van der Waals surface area contributed by atoms with Crippen LogP contribution in [-0.4, -0.2) is 75.6 Å². The van der Waals surface area contributed by atoms with Gasteiger partial charge < -0.3 is 37.0 Å². The van der Waals surface area contributed by atoms with Crippen LogP contribution in [0.2, 0.25) is 0 Å². The van der Waals surface area contributed by atoms with Crippen LogP contribution in [0.3, 0.4) is 0 Å². The van der Waals surface area contributed by atoms with Gasteiger partial charge in [-0.3, -0.25) is 24.0 Å². The van der Waals surface area contributed by atoms with Gasteiger partial charge in [-0.25, -0.2) is 4.79 Å². The largest absolute Gasteiger partial charge is 0.481 e. The first-order valence-electron chi connectivity index (χ1n) is 8.64. The molecule has 0 aliphatic heterocycles. The van der Waals surface area contributed by atoms with E-state index in [0.717, 1.165) is 0 Å². The summed E-state index contributed by atoms with van der Waals surface area (Å²) in [6.45, 7) is 2.50. The van der Waals surface area contributed by atoms with Crippen LogP contribution in [0, 0.1) is 5.92 Å². The fourth-order valence-corrected chi connectivity index (χ4v) is 2.10. The molecule has 0 aromatic rings. The second-order valence-corrected chi connectivity index (χ2v) is 6.54. The highest BCUT2D eigenvalue weighted by Crippen LogP contribution is 2.02. The van der Waals surface area contributed by atoms with Crippen molar-refractivity contribution in [3.8, 4) is 0 Å². The van der Waals surface area contributed by atoms with E-state index in [1.807, 2.05) is 0 Å². The molecule has 0 saturated heterocycles. The second kappa shape index (κ2) is 12.3. The number of hydrogen-bond donors (Lipinski definition) is 7. The van der Waals surface area contributed by atoms with E-state index in [-0.39, 0.29) is 6.42 Å². The highest BCUT2D eigenvalue weighted by molar-refractivity contribution is 5.94. The Hall–Kier alpha value is -3.22. The molecule has 13 heteroatoms. The highest BCUT2D eigenvalue weighted by atomic mass is 16.4. The molecule has 8 N–H and O–H groups in total. The summed E-state index contributed by atoms with van der Waals surface area (Å²) in [4.78, 5) is 68.4. The molecule has 0 aromatic carbocycles. The molecule has 0 radical (unpaired) electrons. The number of aliphatic carboxylic acids is 3. The summed E-state index contributed by atoms with van der Waals surface area (Å²) in [5.41, 5.74) is 5.50. The van der Waals surface area contributed by atoms with Crippen LogP contribution >= 0.6 is 0 Å². The number of carboxylic acids is 3. The third-order valence-electron chi connectivity index (χ3n) is 3.69. The normalized spacial score (nSPS) is 13.7. The van der Waals surface area contributed by atoms with Crippen molar-refractivity contribution in [2.24, 2.45) is 11.7 Å². The van der Waals surface area contributed by atoms with Crippen molar-refractivity contribution in [3.05, 3.63) is 0 Å². The highest BCUT2D eigenvalue weighted by Gasteiger charge is 2.28. The molecular weight excluding hydrogens is 392 g/mol. The fourth-order valence-electron chi connectivity index (χ4n) is 2.10. The van der Waals surface area contributed by atoms with Gasteiger partial charge in [0.25, 0.3) is 0 Å². The van der Waals surface area contributed by atoms with E-state index >= 15 is 0 Å². The summed E-state index contributed by atoms with van der Waals surface area (Å²) >= 11 is 0. The predicted octanol–water partition coefficient (Wildman–Crippen LogP) is -2.52. The van der Waals surface area contributed by atoms with Gasteiger partial charge in [0.2, 0.25) is 17.7 Å². The third-order valence-corrected chi connectivity index (χ3v) is 3.69. The van der Waals surface area contributed by atoms with Crippen LogP contribution < -0.4 is 21.7 Å². The standard InChI is InChI=1S/C16H26N4O9/c1-7(2)13(16(28)29)20-10(21)6-18-15(27)9(5-12(24)25)19-14(26)8(17)3-4-11(22)23/h7-9,13H,3-6,17H2,1-2H3,(H,18,27)(H,19,26)(H,20,21)(H,22,23)(H,24,25)(H,28,29). The molecule has 0 heterocycles. The van der Waals surface area contributed by atoms with Crippen LogP contribution in [0.25, 0.3) is 0 Å². The Labute approximate surface area is 166 Å². The first-order chi connectivity index (χ1) is 13.3. The van der Waals surface area contributed by atoms with Gasteiger partial charge in [0.1, 0.15) is 12.1 Å². The van der Waals surface area contributed by atoms with Gasteiger partial charge >= 0.3 is 17.9 Å². The maximum absolute atomic E-state index is 12.1. The topological polar surface area (TPSA) is 225 Å². The zero-order valence-corrected chi connectivity index (χ0v) is 16.0. The van der Waals surface area contributed by atoms with Gasteiger partial charge in [-0.2, -0.15) is 0 Å². The average molecular weight is 418 g/mol. The fraction of sp³-hybridized carbons (Fsp3) is 0.625. The average Bonchev–Trinajstić information content (AvgIpc) is 2.60. The van der Waals surface area contributed by atoms with Crippen molar-refractivity contribution < 1.29 is 44.1 Å². The second-order valence-electron chi connectivity index (χ2n) is 6.54. The number of nitrogens with two attached hydrogens (primary N) is 1. The van der Waals surface area contributed by atoms with Crippen LogP contribution in [-0.2, 0) is 28.8 Å². The monoisotopic (exact) mass is 418 g/mol. The smallest absolute Gasteiger partial charge is 0.326 e. The predicted molar refractivity (Wildman–Crippen MR) is 96.4 cm³/mol. The Morgan fingerprint density at radius 2 is 1.48 bits per heavy atom. The lowest BCUT2D eigenvalue weighted by Gasteiger charge is -2.20. The van der Waals surface area contributed by atoms with Gasteiger partial charge in [0, 0.05) is 6.42 Å². The van der Waals surface area contributed by atoms with Gasteiger partial charge in [-0.1, -0.05) is 13.8 Å². The maximum atomic E-state index is 12.1. The molecular formula is C16H26N4O9. The number of carbonyl (C=O) groups excluding carboxylic acids is 3. The Bertz CT molecular complexity index is 650. The Balaban J connectivity index is 4.85. The Kier molecular flexibility index (Phi) is 10.9. The number of hydrogen-bond acceptors (Lipinski definition) is 7. The molecule has 164 valence electrons. The van der Waals surface area contributed by atoms with Crippen molar-refractivity contribution in [2.75, 3.05) is 6.54 Å². The van der Waals surface area contributed by atoms with E-state index < -0.39 is 79.1 Å². The molecule has 3 unspecified atom stereocenters. The first-order valence-corrected chi connectivity index (χ1v) is 8.64. The molecule has 13 nitrogen and oxygen atoms in total. The van der Waals surface area contributed by atoms with E-state index in [9.17, 15) is 28.8 Å². The number of rotatable bonds is 13. The number of amides is 3. The molecule has 0 saturated carbocycles. The molecule has 0 spiro atoms. The molecule has 0 aromatic heterocycles. The van der Waals surface area contributed by atoms with Gasteiger partial charge in [0.05, 0.1) is 19.0 Å². The van der Waals surface area contributed by atoms with Crippen LogP contribution in [0.15, 0.2) is 0 Å². The van der Waals surface area contributed by atoms with Crippen LogP contribution in [0.1, 0.15) is 33.1 Å². The number of carboxylic acid groups (broad SMARTS) is 3. The SMILES string of the molecule is CC(C)C(NC(=O)CNC(=O)C(CC(=O)O)NC(=O)C(N)CCC(=O)O)C(=O)O. The minimum atomic E-state index is -1.57.